The smallest absolute Gasteiger partial charge is 0.165 e. The molecule has 0 aliphatic heterocycles. The third kappa shape index (κ3) is 12.1. The third-order valence-corrected chi connectivity index (χ3v) is 23.6. The number of nitrogens with zero attached hydrogens (tertiary/aromatic N) is 10. The van der Waals surface area contributed by atoms with Crippen LogP contribution in [-0.4, -0.2) is 48.6 Å². The van der Waals surface area contributed by atoms with E-state index in [0.717, 1.165) is 101 Å². The van der Waals surface area contributed by atoms with E-state index in [-0.39, 0.29) is 0 Å². The molecule has 0 radical (unpaired) electrons. The van der Waals surface area contributed by atoms with Gasteiger partial charge in [0.25, 0.3) is 0 Å². The Bertz CT molecular complexity index is 8320. The first kappa shape index (κ1) is 70.0. The molecule has 0 fully saturated rings. The van der Waals surface area contributed by atoms with E-state index in [0.29, 0.717) is 17.5 Å². The Hall–Kier alpha value is -16.4. The monoisotopic (exact) mass is 1540 g/mol. The zero-order valence-corrected chi connectivity index (χ0v) is 65.4. The van der Waals surface area contributed by atoms with Crippen molar-refractivity contribution < 1.29 is 0 Å². The molecule has 10 nitrogen and oxygen atoms in total. The summed E-state index contributed by atoms with van der Waals surface area (Å²) in [6.07, 6.45) is 0. The van der Waals surface area contributed by atoms with Crippen LogP contribution < -0.4 is 0 Å². The maximum Gasteiger partial charge on any atom is 0.165 e. The van der Waals surface area contributed by atoms with Crippen molar-refractivity contribution in [3.05, 3.63) is 425 Å². The van der Waals surface area contributed by atoms with Crippen molar-refractivity contribution in [3.8, 4) is 85.1 Å². The zero-order valence-electron chi connectivity index (χ0n) is 65.4. The van der Waals surface area contributed by atoms with Crippen molar-refractivity contribution in [1.29, 1.82) is 0 Å². The van der Waals surface area contributed by atoms with Crippen LogP contribution in [0.1, 0.15) is 0 Å². The number of para-hydroxylation sites is 5. The van der Waals surface area contributed by atoms with Crippen molar-refractivity contribution in [2.45, 2.75) is 0 Å². The molecular formula is C111H70N10. The predicted octanol–water partition coefficient (Wildman–Crippen LogP) is 28.2. The minimum atomic E-state index is 0.650. The summed E-state index contributed by atoms with van der Waals surface area (Å²) < 4.78 is 7.10. The van der Waals surface area contributed by atoms with E-state index in [4.69, 9.17) is 34.9 Å². The van der Waals surface area contributed by atoms with Crippen molar-refractivity contribution in [3.63, 3.8) is 0 Å². The number of rotatable bonds is 9. The van der Waals surface area contributed by atoms with Crippen molar-refractivity contribution in [2.24, 2.45) is 0 Å². The molecule has 6 aromatic heterocycles. The number of benzene rings is 19. The highest BCUT2D eigenvalue weighted by Crippen LogP contribution is 2.45. The molecule has 0 saturated heterocycles. The van der Waals surface area contributed by atoms with Crippen LogP contribution >= 0.6 is 0 Å². The lowest BCUT2D eigenvalue weighted by molar-refractivity contribution is 1.07. The van der Waals surface area contributed by atoms with E-state index in [2.05, 4.69) is 317 Å². The average molecular weight is 1540 g/mol. The molecule has 0 atom stereocenters. The predicted molar refractivity (Wildman–Crippen MR) is 502 cm³/mol. The fraction of sp³-hybridized carbons (Fsp3) is 0. The maximum atomic E-state index is 5.28. The lowest BCUT2D eigenvalue weighted by atomic mass is 10.0. The summed E-state index contributed by atoms with van der Waals surface area (Å²) in [5.74, 6) is 2.81. The molecule has 0 saturated carbocycles. The van der Waals surface area contributed by atoms with E-state index >= 15 is 0 Å². The van der Waals surface area contributed by atoms with Crippen molar-refractivity contribution in [2.75, 3.05) is 0 Å². The lowest BCUT2D eigenvalue weighted by Gasteiger charge is -2.14. The lowest BCUT2D eigenvalue weighted by Crippen LogP contribution is -2.04. The van der Waals surface area contributed by atoms with Crippen LogP contribution in [0.3, 0.4) is 0 Å². The van der Waals surface area contributed by atoms with Gasteiger partial charge in [-0.05, 0) is 128 Å². The topological polar surface area (TPSA) is 105 Å². The van der Waals surface area contributed by atoms with Gasteiger partial charge in [0.05, 0.1) is 66.6 Å². The van der Waals surface area contributed by atoms with Crippen LogP contribution in [-0.2, 0) is 0 Å². The normalized spacial score (nSPS) is 11.6. The molecule has 25 aromatic rings. The summed E-state index contributed by atoms with van der Waals surface area (Å²) in [5, 5.41) is 20.0. The quantitative estimate of drug-likeness (QED) is 0.142. The number of aromatic nitrogens is 10. The SMILES string of the molecule is c1ccc(-c2nc(-c3ccccc3)nc(-c3ccc(-n4c5ccccc5c5c6ccccc6ccc54)cc3)n2)cc1.c1ccc(-c2nc3ccccc3nc2-c2ccc(-n3c4ccc5ccccc5c4c4ccc5ccccc5c43)cc2)cc1.c1ccc(-c2nc3ccccc3nc2-n2c3ccc4ccccc4c3c3ccc4ccccc4c32)cc1. The third-order valence-electron chi connectivity index (χ3n) is 23.6. The van der Waals surface area contributed by atoms with Gasteiger partial charge < -0.3 is 9.13 Å². The van der Waals surface area contributed by atoms with E-state index in [1.54, 1.807) is 0 Å². The number of hydrogen-bond donors (Lipinski definition) is 0. The molecule has 0 amide bonds. The summed E-state index contributed by atoms with van der Waals surface area (Å²) >= 11 is 0. The summed E-state index contributed by atoms with van der Waals surface area (Å²) in [5.41, 5.74) is 21.5. The first-order chi connectivity index (χ1) is 60.0. The van der Waals surface area contributed by atoms with Gasteiger partial charge in [0, 0.05) is 87.8 Å². The summed E-state index contributed by atoms with van der Waals surface area (Å²) in [6.45, 7) is 0. The van der Waals surface area contributed by atoms with Crippen LogP contribution in [0.15, 0.2) is 425 Å². The van der Waals surface area contributed by atoms with Gasteiger partial charge in [-0.15, -0.1) is 0 Å². The second kappa shape index (κ2) is 29.4. The molecule has 0 unspecified atom stereocenters. The largest absolute Gasteiger partial charge is 0.309 e. The molecule has 121 heavy (non-hydrogen) atoms. The van der Waals surface area contributed by atoms with Gasteiger partial charge in [-0.2, -0.15) is 0 Å². The van der Waals surface area contributed by atoms with Crippen LogP contribution in [0.4, 0.5) is 0 Å². The molecule has 0 spiro atoms. The second-order valence-corrected chi connectivity index (χ2v) is 30.6. The maximum absolute atomic E-state index is 5.28. The second-order valence-electron chi connectivity index (χ2n) is 30.6. The van der Waals surface area contributed by atoms with Crippen LogP contribution in [0.5, 0.6) is 0 Å². The molecule has 564 valence electrons. The van der Waals surface area contributed by atoms with Gasteiger partial charge in [-0.3, -0.25) is 4.57 Å². The minimum Gasteiger partial charge on any atom is -0.309 e. The van der Waals surface area contributed by atoms with Crippen molar-refractivity contribution in [1.82, 2.24) is 48.6 Å². The molecule has 0 N–H and O–H groups in total. The van der Waals surface area contributed by atoms with Crippen LogP contribution in [0, 0.1) is 0 Å². The Morgan fingerprint density at radius 2 is 0.446 bits per heavy atom. The van der Waals surface area contributed by atoms with Crippen LogP contribution in [0.25, 0.3) is 226 Å². The summed E-state index contributed by atoms with van der Waals surface area (Å²) in [6, 6.07) is 149. The van der Waals surface area contributed by atoms with E-state index in [9.17, 15) is 0 Å². The Labute approximate surface area is 695 Å². The Morgan fingerprint density at radius 1 is 0.157 bits per heavy atom. The molecule has 25 rings (SSSR count). The van der Waals surface area contributed by atoms with E-state index in [1.165, 1.54) is 108 Å². The van der Waals surface area contributed by atoms with E-state index in [1.807, 2.05) is 121 Å². The van der Waals surface area contributed by atoms with Gasteiger partial charge >= 0.3 is 0 Å². The fourth-order valence-electron chi connectivity index (χ4n) is 18.0. The standard InChI is InChI=1S/C40H25N3.C37H24N4.C34H21N3/c1-2-12-28(13-3-1)38-39(42-35-17-9-8-16-34(35)41-38)29-18-22-30(23-19-29)43-36-25-21-26-10-4-6-14-31(26)37(36)33-24-20-27-11-5-7-15-32(27)40(33)43;1-3-12-26(13-4-1)35-38-36(27-14-5-2-6-15-27)40-37(39-35)28-19-22-29(23-20-28)41-32-18-10-9-17-31(32)34-30-16-8-7-11-25(30)21-24-33(34)41;1-2-12-24(13-3-1)32-34(36-29-17-9-8-16-28(29)35-32)37-30-21-19-22-10-4-6-14-25(22)31(30)27-20-18-23-11-5-7-15-26(23)33(27)37/h1-25H;1-24H;1-21H. The molecular weight excluding hydrogens is 1470 g/mol. The van der Waals surface area contributed by atoms with Gasteiger partial charge in [0.2, 0.25) is 0 Å². The van der Waals surface area contributed by atoms with Crippen LogP contribution in [0.2, 0.25) is 0 Å². The van der Waals surface area contributed by atoms with Crippen molar-refractivity contribution >= 4 is 141 Å². The molecule has 6 heterocycles. The molecule has 10 heteroatoms. The van der Waals surface area contributed by atoms with Gasteiger partial charge in [-0.1, -0.05) is 340 Å². The Morgan fingerprint density at radius 3 is 0.901 bits per heavy atom. The number of fused-ring (bicyclic) bond motifs is 21. The molecule has 0 aliphatic rings. The zero-order chi connectivity index (χ0) is 79.9. The number of hydrogen-bond acceptors (Lipinski definition) is 7. The minimum absolute atomic E-state index is 0.650. The first-order valence-electron chi connectivity index (χ1n) is 40.9. The van der Waals surface area contributed by atoms with E-state index < -0.39 is 0 Å². The van der Waals surface area contributed by atoms with Gasteiger partial charge in [0.15, 0.2) is 23.3 Å². The fourth-order valence-corrected chi connectivity index (χ4v) is 18.0. The highest BCUT2D eigenvalue weighted by Gasteiger charge is 2.25. The Balaban J connectivity index is 0.000000106. The van der Waals surface area contributed by atoms with Gasteiger partial charge in [0.1, 0.15) is 5.69 Å². The molecule has 0 bridgehead atoms. The van der Waals surface area contributed by atoms with Gasteiger partial charge in [-0.25, -0.2) is 34.9 Å². The first-order valence-corrected chi connectivity index (χ1v) is 40.9. The molecule has 0 aliphatic carbocycles. The Kier molecular flexibility index (Phi) is 17.0. The highest BCUT2D eigenvalue weighted by molar-refractivity contribution is 6.28. The highest BCUT2D eigenvalue weighted by atomic mass is 15.1. The molecule has 19 aromatic carbocycles. The average Bonchev–Trinajstić information content (AvgIpc) is 1.57. The summed E-state index contributed by atoms with van der Waals surface area (Å²) in [7, 11) is 0. The summed E-state index contributed by atoms with van der Waals surface area (Å²) in [4.78, 5) is 35.3.